The maximum atomic E-state index is 13.7. The molecule has 0 bridgehead atoms. The van der Waals surface area contributed by atoms with E-state index in [0.29, 0.717) is 10.2 Å². The smallest absolute Gasteiger partial charge is 0.267 e. The van der Waals surface area contributed by atoms with Crippen LogP contribution in [0.1, 0.15) is 5.56 Å². The number of aromatic nitrogens is 2. The first-order chi connectivity index (χ1) is 13.9. The Morgan fingerprint density at radius 2 is 1.63 bits per heavy atom. The van der Waals surface area contributed by atoms with Gasteiger partial charge in [-0.25, -0.2) is 17.5 Å². The Morgan fingerprint density at radius 3 is 2.17 bits per heavy atom. The number of halogens is 4. The summed E-state index contributed by atoms with van der Waals surface area (Å²) in [6, 6.07) is 9.29. The number of hydrogen-bond acceptors (Lipinski definition) is 4. The van der Waals surface area contributed by atoms with Crippen LogP contribution in [0.5, 0.6) is 0 Å². The first kappa shape index (κ1) is 21.7. The zero-order chi connectivity index (χ0) is 22.3. The van der Waals surface area contributed by atoms with Crippen LogP contribution in [0.25, 0.3) is 22.3 Å². The number of aryl methyl sites for hydroxylation is 1. The van der Waals surface area contributed by atoms with Gasteiger partial charge in [-0.2, -0.15) is 18.3 Å². The van der Waals surface area contributed by atoms with Crippen LogP contribution < -0.4 is 5.56 Å². The van der Waals surface area contributed by atoms with Gasteiger partial charge < -0.3 is 0 Å². The highest BCUT2D eigenvalue weighted by molar-refractivity contribution is 7.90. The molecule has 0 saturated heterocycles. The molecule has 0 spiro atoms. The lowest BCUT2D eigenvalue weighted by Gasteiger charge is -2.14. The van der Waals surface area contributed by atoms with Gasteiger partial charge in [-0.1, -0.05) is 18.2 Å². The van der Waals surface area contributed by atoms with Crippen LogP contribution in [0.4, 0.5) is 17.6 Å². The van der Waals surface area contributed by atoms with Crippen LogP contribution in [0.2, 0.25) is 0 Å². The normalized spacial score (nSPS) is 12.2. The Bertz CT molecular complexity index is 1260. The Balaban J connectivity index is 2.26. The molecule has 0 aliphatic carbocycles. The fraction of sp³-hybridized carbons (Fsp3) is 0.200. The summed E-state index contributed by atoms with van der Waals surface area (Å²) in [4.78, 5) is 12.9. The maximum Gasteiger partial charge on any atom is 0.408 e. The van der Waals surface area contributed by atoms with Gasteiger partial charge in [0.05, 0.1) is 16.7 Å². The summed E-state index contributed by atoms with van der Waals surface area (Å²) in [5, 5.41) is 3.63. The summed E-state index contributed by atoms with van der Waals surface area (Å²) >= 11 is 0. The number of nitrogens with zero attached hydrogens (tertiary/aromatic N) is 2. The molecule has 1 heterocycles. The summed E-state index contributed by atoms with van der Waals surface area (Å²) in [6.45, 7) is -0.110. The molecular weight excluding hydrogens is 424 g/mol. The van der Waals surface area contributed by atoms with Gasteiger partial charge in [0.15, 0.2) is 9.84 Å². The van der Waals surface area contributed by atoms with Crippen molar-refractivity contribution < 1.29 is 26.0 Å². The minimum atomic E-state index is -4.66. The Morgan fingerprint density at radius 1 is 1.03 bits per heavy atom. The van der Waals surface area contributed by atoms with E-state index in [-0.39, 0.29) is 27.1 Å². The molecule has 0 aliphatic rings. The van der Waals surface area contributed by atoms with Crippen molar-refractivity contribution in [3.63, 3.8) is 0 Å². The minimum absolute atomic E-state index is 0.0452. The molecule has 2 aromatic carbocycles. The van der Waals surface area contributed by atoms with E-state index in [1.54, 1.807) is 0 Å². The molecular formula is C20H16F4N2O3S. The lowest BCUT2D eigenvalue weighted by Crippen LogP contribution is -2.31. The molecule has 158 valence electrons. The molecule has 10 heteroatoms. The second-order valence-electron chi connectivity index (χ2n) is 6.77. The zero-order valence-corrected chi connectivity index (χ0v) is 16.7. The van der Waals surface area contributed by atoms with Gasteiger partial charge in [-0.3, -0.25) is 4.79 Å². The number of sulfone groups is 1. The number of rotatable bonds is 4. The number of alkyl halides is 3. The van der Waals surface area contributed by atoms with Crippen LogP contribution in [-0.4, -0.2) is 30.6 Å². The van der Waals surface area contributed by atoms with E-state index in [1.807, 2.05) is 0 Å². The summed E-state index contributed by atoms with van der Waals surface area (Å²) in [7, 11) is -3.46. The Kier molecular flexibility index (Phi) is 5.55. The molecule has 30 heavy (non-hydrogen) atoms. The molecule has 0 fully saturated rings. The highest BCUT2D eigenvalue weighted by Gasteiger charge is 2.30. The quantitative estimate of drug-likeness (QED) is 0.576. The second kappa shape index (κ2) is 7.67. The monoisotopic (exact) mass is 440 g/mol. The first-order valence-corrected chi connectivity index (χ1v) is 10.5. The third kappa shape index (κ3) is 4.59. The minimum Gasteiger partial charge on any atom is -0.267 e. The standard InChI is InChI=1S/C20H16F4N2O3S/c1-12-9-14(5-8-17(12)21)18-16(10-25-26(19(18)27)11-20(22,23)24)13-3-6-15(7-4-13)30(2,28)29/h3-10H,11H2,1-2H3. The van der Waals surface area contributed by atoms with E-state index >= 15 is 0 Å². The molecule has 0 atom stereocenters. The lowest BCUT2D eigenvalue weighted by atomic mass is 9.96. The van der Waals surface area contributed by atoms with Gasteiger partial charge in [0, 0.05) is 11.8 Å². The highest BCUT2D eigenvalue weighted by Crippen LogP contribution is 2.31. The van der Waals surface area contributed by atoms with Gasteiger partial charge in [-0.05, 0) is 47.9 Å². The van der Waals surface area contributed by atoms with E-state index in [9.17, 15) is 30.8 Å². The number of hydrogen-bond donors (Lipinski definition) is 0. The van der Waals surface area contributed by atoms with Crippen LogP contribution in [0, 0.1) is 12.7 Å². The summed E-state index contributed by atoms with van der Waals surface area (Å²) in [5.41, 5.74) is -0.0797. The molecule has 3 aromatic rings. The SMILES string of the molecule is Cc1cc(-c2c(-c3ccc(S(C)(=O)=O)cc3)cnn(CC(F)(F)F)c2=O)ccc1F. The molecule has 0 radical (unpaired) electrons. The van der Waals surface area contributed by atoms with Crippen molar-refractivity contribution in [3.8, 4) is 22.3 Å². The third-order valence-electron chi connectivity index (χ3n) is 4.41. The third-order valence-corrected chi connectivity index (χ3v) is 5.54. The van der Waals surface area contributed by atoms with Crippen LogP contribution >= 0.6 is 0 Å². The van der Waals surface area contributed by atoms with E-state index in [1.165, 1.54) is 43.3 Å². The van der Waals surface area contributed by atoms with Crippen molar-refractivity contribution in [1.82, 2.24) is 9.78 Å². The molecule has 3 rings (SSSR count). The molecule has 0 amide bonds. The van der Waals surface area contributed by atoms with E-state index < -0.39 is 33.9 Å². The fourth-order valence-electron chi connectivity index (χ4n) is 2.95. The zero-order valence-electron chi connectivity index (χ0n) is 15.9. The van der Waals surface area contributed by atoms with Crippen molar-refractivity contribution in [2.45, 2.75) is 24.5 Å². The van der Waals surface area contributed by atoms with Gasteiger partial charge in [0.2, 0.25) is 0 Å². The van der Waals surface area contributed by atoms with Crippen molar-refractivity contribution in [3.05, 3.63) is 70.4 Å². The van der Waals surface area contributed by atoms with Crippen molar-refractivity contribution in [1.29, 1.82) is 0 Å². The van der Waals surface area contributed by atoms with E-state index in [4.69, 9.17) is 0 Å². The average Bonchev–Trinajstić information content (AvgIpc) is 2.64. The summed E-state index contributed by atoms with van der Waals surface area (Å²) in [6.07, 6.45) is -2.52. The average molecular weight is 440 g/mol. The van der Waals surface area contributed by atoms with Gasteiger partial charge in [0.25, 0.3) is 5.56 Å². The Labute approximate surface area is 169 Å². The Hall–Kier alpha value is -3.01. The molecule has 0 N–H and O–H groups in total. The van der Waals surface area contributed by atoms with Gasteiger partial charge in [0.1, 0.15) is 12.4 Å². The molecule has 0 unspecified atom stereocenters. The predicted octanol–water partition coefficient (Wildman–Crippen LogP) is 3.99. The van der Waals surface area contributed by atoms with Crippen LogP contribution in [-0.2, 0) is 16.4 Å². The van der Waals surface area contributed by atoms with Gasteiger partial charge >= 0.3 is 6.18 Å². The van der Waals surface area contributed by atoms with Crippen LogP contribution in [0.3, 0.4) is 0 Å². The molecule has 5 nitrogen and oxygen atoms in total. The van der Waals surface area contributed by atoms with E-state index in [0.717, 1.165) is 18.5 Å². The summed E-state index contributed by atoms with van der Waals surface area (Å²) in [5.74, 6) is -0.525. The van der Waals surface area contributed by atoms with Crippen molar-refractivity contribution in [2.24, 2.45) is 0 Å². The topological polar surface area (TPSA) is 69.0 Å². The first-order valence-electron chi connectivity index (χ1n) is 8.61. The van der Waals surface area contributed by atoms with Crippen LogP contribution in [0.15, 0.2) is 58.4 Å². The maximum absolute atomic E-state index is 13.7. The molecule has 0 aliphatic heterocycles. The van der Waals surface area contributed by atoms with Gasteiger partial charge in [-0.15, -0.1) is 0 Å². The van der Waals surface area contributed by atoms with Crippen molar-refractivity contribution >= 4 is 9.84 Å². The fourth-order valence-corrected chi connectivity index (χ4v) is 3.58. The van der Waals surface area contributed by atoms with Crippen molar-refractivity contribution in [2.75, 3.05) is 6.26 Å². The predicted molar refractivity (Wildman–Crippen MR) is 103 cm³/mol. The molecule has 1 aromatic heterocycles. The second-order valence-corrected chi connectivity index (χ2v) is 8.79. The number of benzene rings is 2. The summed E-state index contributed by atoms with van der Waals surface area (Å²) < 4.78 is 75.9. The highest BCUT2D eigenvalue weighted by atomic mass is 32.2. The van der Waals surface area contributed by atoms with E-state index in [2.05, 4.69) is 5.10 Å². The largest absolute Gasteiger partial charge is 0.408 e. The lowest BCUT2D eigenvalue weighted by molar-refractivity contribution is -0.143. The molecule has 0 saturated carbocycles.